The molecule has 0 heterocycles. The number of nitrogens with one attached hydrogen (secondary N) is 1. The number of carbonyl (C=O) groups excluding carboxylic acids is 1. The minimum Gasteiger partial charge on any atom is -0.356 e. The molecule has 0 aromatic carbocycles. The first-order valence-electron chi connectivity index (χ1n) is 3.36. The predicted octanol–water partition coefficient (Wildman–Crippen LogP) is 1.17. The molecule has 0 rings (SSSR count). The third kappa shape index (κ3) is 5.34. The molecule has 1 amide bonds. The molecule has 0 bridgehead atoms. The molecule has 0 fully saturated rings. The molecular weight excluding hydrogens is 114 g/mol. The van der Waals surface area contributed by atoms with Crippen LogP contribution in [0.4, 0.5) is 0 Å². The smallest absolute Gasteiger partial charge is 0.207 e. The third-order valence-electron chi connectivity index (χ3n) is 1.18. The molecule has 1 unspecified atom stereocenters. The lowest BCUT2D eigenvalue weighted by atomic mass is 10.1. The number of hydrogen-bond acceptors (Lipinski definition) is 1. The monoisotopic (exact) mass is 129 g/mol. The van der Waals surface area contributed by atoms with Crippen molar-refractivity contribution >= 4 is 6.41 Å². The Morgan fingerprint density at radius 3 is 2.33 bits per heavy atom. The van der Waals surface area contributed by atoms with Crippen LogP contribution in [-0.2, 0) is 4.79 Å². The summed E-state index contributed by atoms with van der Waals surface area (Å²) in [6, 6.07) is 0.322. The van der Waals surface area contributed by atoms with Crippen molar-refractivity contribution in [3.05, 3.63) is 0 Å². The predicted molar refractivity (Wildman–Crippen MR) is 38.1 cm³/mol. The lowest BCUT2D eigenvalue weighted by molar-refractivity contribution is -0.110. The zero-order valence-electron chi connectivity index (χ0n) is 6.35. The topological polar surface area (TPSA) is 29.1 Å². The highest BCUT2D eigenvalue weighted by Gasteiger charge is 2.01. The SMILES string of the molecule is CC(C)CC(C)NC=O. The second-order valence-corrected chi connectivity index (χ2v) is 2.82. The minimum atomic E-state index is 0.322. The zero-order valence-corrected chi connectivity index (χ0v) is 6.35. The van der Waals surface area contributed by atoms with Crippen LogP contribution in [0.25, 0.3) is 0 Å². The van der Waals surface area contributed by atoms with E-state index in [2.05, 4.69) is 19.2 Å². The summed E-state index contributed by atoms with van der Waals surface area (Å²) in [4.78, 5) is 9.89. The Balaban J connectivity index is 3.25. The van der Waals surface area contributed by atoms with Gasteiger partial charge in [0.25, 0.3) is 0 Å². The maximum absolute atomic E-state index is 9.89. The van der Waals surface area contributed by atoms with Crippen LogP contribution in [-0.4, -0.2) is 12.5 Å². The van der Waals surface area contributed by atoms with Crippen LogP contribution in [0.15, 0.2) is 0 Å². The van der Waals surface area contributed by atoms with Crippen molar-refractivity contribution in [3.8, 4) is 0 Å². The molecule has 0 aliphatic carbocycles. The molecule has 2 heteroatoms. The summed E-state index contributed by atoms with van der Waals surface area (Å²) in [6.07, 6.45) is 1.81. The number of carbonyl (C=O) groups is 1. The molecule has 2 nitrogen and oxygen atoms in total. The molecule has 0 radical (unpaired) electrons. The first kappa shape index (κ1) is 8.47. The van der Waals surface area contributed by atoms with Gasteiger partial charge in [-0.25, -0.2) is 0 Å². The van der Waals surface area contributed by atoms with Crippen LogP contribution in [0.1, 0.15) is 27.2 Å². The van der Waals surface area contributed by atoms with Gasteiger partial charge in [-0.1, -0.05) is 13.8 Å². The first-order chi connectivity index (χ1) is 4.16. The average Bonchev–Trinajstić information content (AvgIpc) is 1.63. The quantitative estimate of drug-likeness (QED) is 0.567. The van der Waals surface area contributed by atoms with Crippen molar-refractivity contribution in [2.24, 2.45) is 5.92 Å². The van der Waals surface area contributed by atoms with Crippen molar-refractivity contribution in [1.82, 2.24) is 5.32 Å². The van der Waals surface area contributed by atoms with Crippen molar-refractivity contribution in [3.63, 3.8) is 0 Å². The zero-order chi connectivity index (χ0) is 7.28. The number of hydrogen-bond donors (Lipinski definition) is 1. The Bertz CT molecular complexity index is 81.0. The normalized spacial score (nSPS) is 13.3. The molecular formula is C7H15NO. The Kier molecular flexibility index (Phi) is 4.10. The van der Waals surface area contributed by atoms with Gasteiger partial charge in [0, 0.05) is 6.04 Å². The lowest BCUT2D eigenvalue weighted by Crippen LogP contribution is -2.25. The highest BCUT2D eigenvalue weighted by atomic mass is 16.1. The summed E-state index contributed by atoms with van der Waals surface area (Å²) in [6.45, 7) is 6.29. The van der Waals surface area contributed by atoms with E-state index >= 15 is 0 Å². The maximum Gasteiger partial charge on any atom is 0.207 e. The van der Waals surface area contributed by atoms with Gasteiger partial charge in [0.2, 0.25) is 6.41 Å². The fourth-order valence-electron chi connectivity index (χ4n) is 0.891. The molecule has 0 aliphatic heterocycles. The second-order valence-electron chi connectivity index (χ2n) is 2.82. The summed E-state index contributed by atoms with van der Waals surface area (Å²) in [7, 11) is 0. The van der Waals surface area contributed by atoms with Crippen molar-refractivity contribution in [1.29, 1.82) is 0 Å². The number of amides is 1. The third-order valence-corrected chi connectivity index (χ3v) is 1.18. The van der Waals surface area contributed by atoms with Gasteiger partial charge < -0.3 is 5.32 Å². The van der Waals surface area contributed by atoms with Crippen LogP contribution >= 0.6 is 0 Å². The molecule has 0 saturated carbocycles. The van der Waals surface area contributed by atoms with Gasteiger partial charge in [-0.05, 0) is 19.3 Å². The van der Waals surface area contributed by atoms with Crippen molar-refractivity contribution < 1.29 is 4.79 Å². The van der Waals surface area contributed by atoms with E-state index in [0.29, 0.717) is 12.0 Å². The largest absolute Gasteiger partial charge is 0.356 e. The van der Waals surface area contributed by atoms with Gasteiger partial charge in [0.15, 0.2) is 0 Å². The highest BCUT2D eigenvalue weighted by Crippen LogP contribution is 2.02. The first-order valence-corrected chi connectivity index (χ1v) is 3.36. The standard InChI is InChI=1S/C7H15NO/c1-6(2)4-7(3)8-5-9/h5-7H,4H2,1-3H3,(H,8,9). The minimum absolute atomic E-state index is 0.322. The lowest BCUT2D eigenvalue weighted by Gasteiger charge is -2.11. The van der Waals surface area contributed by atoms with E-state index < -0.39 is 0 Å². The summed E-state index contributed by atoms with van der Waals surface area (Å²) in [5.41, 5.74) is 0. The second kappa shape index (κ2) is 4.36. The average molecular weight is 129 g/mol. The van der Waals surface area contributed by atoms with Crippen LogP contribution in [0.2, 0.25) is 0 Å². The molecule has 54 valence electrons. The maximum atomic E-state index is 9.89. The van der Waals surface area contributed by atoms with E-state index in [-0.39, 0.29) is 0 Å². The molecule has 0 aromatic heterocycles. The summed E-state index contributed by atoms with van der Waals surface area (Å²) in [5.74, 6) is 0.660. The van der Waals surface area contributed by atoms with Crippen molar-refractivity contribution in [2.75, 3.05) is 0 Å². The summed E-state index contributed by atoms with van der Waals surface area (Å²) < 4.78 is 0. The van der Waals surface area contributed by atoms with Gasteiger partial charge in [-0.2, -0.15) is 0 Å². The van der Waals surface area contributed by atoms with Crippen LogP contribution < -0.4 is 5.32 Å². The Labute approximate surface area is 56.6 Å². The van der Waals surface area contributed by atoms with Gasteiger partial charge in [-0.15, -0.1) is 0 Å². The van der Waals surface area contributed by atoms with Crippen LogP contribution in [0.3, 0.4) is 0 Å². The van der Waals surface area contributed by atoms with E-state index in [9.17, 15) is 4.79 Å². The Morgan fingerprint density at radius 2 is 2.00 bits per heavy atom. The van der Waals surface area contributed by atoms with E-state index in [0.717, 1.165) is 12.8 Å². The molecule has 0 aromatic rings. The highest BCUT2D eigenvalue weighted by molar-refractivity contribution is 5.46. The molecule has 0 aliphatic rings. The summed E-state index contributed by atoms with van der Waals surface area (Å²) in [5, 5.41) is 2.70. The van der Waals surface area contributed by atoms with Gasteiger partial charge in [-0.3, -0.25) is 4.79 Å². The van der Waals surface area contributed by atoms with Crippen LogP contribution in [0, 0.1) is 5.92 Å². The van der Waals surface area contributed by atoms with E-state index in [1.165, 1.54) is 0 Å². The van der Waals surface area contributed by atoms with Crippen molar-refractivity contribution in [2.45, 2.75) is 33.2 Å². The van der Waals surface area contributed by atoms with E-state index in [4.69, 9.17) is 0 Å². The van der Waals surface area contributed by atoms with E-state index in [1.807, 2.05) is 6.92 Å². The fourth-order valence-corrected chi connectivity index (χ4v) is 0.891. The molecule has 0 spiro atoms. The summed E-state index contributed by atoms with van der Waals surface area (Å²) >= 11 is 0. The molecule has 0 saturated heterocycles. The fraction of sp³-hybridized carbons (Fsp3) is 0.857. The number of rotatable bonds is 4. The van der Waals surface area contributed by atoms with Gasteiger partial charge in [0.1, 0.15) is 0 Å². The molecule has 1 atom stereocenters. The molecule has 9 heavy (non-hydrogen) atoms. The van der Waals surface area contributed by atoms with Gasteiger partial charge in [0.05, 0.1) is 0 Å². The Morgan fingerprint density at radius 1 is 1.44 bits per heavy atom. The molecule has 1 N–H and O–H groups in total. The van der Waals surface area contributed by atoms with E-state index in [1.54, 1.807) is 0 Å². The van der Waals surface area contributed by atoms with Crippen LogP contribution in [0.5, 0.6) is 0 Å². The van der Waals surface area contributed by atoms with Gasteiger partial charge >= 0.3 is 0 Å². The Hall–Kier alpha value is -0.530.